The largest absolute Gasteiger partial charge is 0.459 e. The van der Waals surface area contributed by atoms with Gasteiger partial charge in [0, 0.05) is 37.8 Å². The van der Waals surface area contributed by atoms with Gasteiger partial charge in [0.05, 0.1) is 150 Å². The van der Waals surface area contributed by atoms with Gasteiger partial charge in [0.15, 0.2) is 49.2 Å². The second-order valence-corrected chi connectivity index (χ2v) is 29.2. The van der Waals surface area contributed by atoms with E-state index in [1.54, 1.807) is 170 Å². The van der Waals surface area contributed by atoms with E-state index in [2.05, 4.69) is 10.6 Å². The fraction of sp³-hybridized carbons (Fsp3) is 0.379. The van der Waals surface area contributed by atoms with Crippen LogP contribution in [0.25, 0.3) is 0 Å². The Bertz CT molecular complexity index is 4420. The Kier molecular flexibility index (Phi) is 40.6. The van der Waals surface area contributed by atoms with Crippen LogP contribution in [0.2, 0.25) is 0 Å². The van der Waals surface area contributed by atoms with E-state index in [0.717, 1.165) is 0 Å². The van der Waals surface area contributed by atoms with Gasteiger partial charge in [0.2, 0.25) is 11.8 Å². The maximum Gasteiger partial charge on any atom is 0.338 e. The number of ketones is 1. The van der Waals surface area contributed by atoms with Crippen molar-refractivity contribution in [2.24, 2.45) is 5.41 Å². The molecule has 32 nitrogen and oxygen atoms in total. The van der Waals surface area contributed by atoms with Crippen LogP contribution in [-0.4, -0.2) is 259 Å². The number of hydrogen-bond donors (Lipinski definition) is 2. The molecule has 127 heavy (non-hydrogen) atoms. The van der Waals surface area contributed by atoms with Gasteiger partial charge in [-0.15, -0.1) is 0 Å². The summed E-state index contributed by atoms with van der Waals surface area (Å²) in [4.78, 5) is 148. The van der Waals surface area contributed by atoms with E-state index in [9.17, 15) is 52.7 Å². The zero-order valence-corrected chi connectivity index (χ0v) is 70.4. The summed E-state index contributed by atoms with van der Waals surface area (Å²) in [5.41, 5.74) is 0.452. The zero-order valence-electron chi connectivity index (χ0n) is 70.4. The molecular formula is C95H104N2O30. The minimum Gasteiger partial charge on any atom is -0.459 e. The van der Waals surface area contributed by atoms with E-state index in [-0.39, 0.29) is 200 Å². The third-order valence-corrected chi connectivity index (χ3v) is 19.3. The van der Waals surface area contributed by atoms with Gasteiger partial charge in [-0.1, -0.05) is 153 Å². The first-order chi connectivity index (χ1) is 61.9. The number of amides is 2. The molecule has 4 unspecified atom stereocenters. The number of rotatable bonds is 53. The Morgan fingerprint density at radius 1 is 0.276 bits per heavy atom. The molecule has 674 valence electrons. The lowest BCUT2D eigenvalue weighted by atomic mass is 9.94. The highest BCUT2D eigenvalue weighted by atomic mass is 16.8. The first-order valence-electron chi connectivity index (χ1n) is 41.5. The Labute approximate surface area is 734 Å². The SMILES string of the molecule is CC(=O)CCOCC(C)(COCCC(=O)NCCOCCOCCO[C@H]1OC(COC(=O)c2ccccc2)[C@@H](OC(=O)c2ccccc2)C(OC(=O)c2ccccc2)[C@H]1OC(=O)c1ccccc1)COCCC(=O)NCCOCCOCCO[C@H]1OC(COC(=O)c2ccccc2)[C@@H](OC(=O)c2ccccc2)C(OC(=O)c2ccccc2)[C@H]1OC(=O)c1ccccc1. The molecular weight excluding hydrogens is 1650 g/mol. The number of nitrogens with one attached hydrogen (secondary N) is 2. The van der Waals surface area contributed by atoms with Crippen LogP contribution in [0.1, 0.15) is 116 Å². The van der Waals surface area contributed by atoms with Crippen molar-refractivity contribution >= 4 is 65.4 Å². The number of hydrogen-bond acceptors (Lipinski definition) is 30. The van der Waals surface area contributed by atoms with E-state index in [0.29, 0.717) is 0 Å². The van der Waals surface area contributed by atoms with Crippen LogP contribution in [0.3, 0.4) is 0 Å². The minimum absolute atomic E-state index is 0.00987. The van der Waals surface area contributed by atoms with Crippen LogP contribution < -0.4 is 10.6 Å². The first kappa shape index (κ1) is 96.9. The Balaban J connectivity index is 0.628. The summed E-state index contributed by atoms with van der Waals surface area (Å²) < 4.78 is 114. The van der Waals surface area contributed by atoms with Crippen molar-refractivity contribution in [2.45, 2.75) is 94.5 Å². The highest BCUT2D eigenvalue weighted by Crippen LogP contribution is 2.35. The van der Waals surface area contributed by atoms with Crippen LogP contribution in [-0.2, 0) is 104 Å². The number of Topliss-reactive ketones (excluding diaryl/α,β-unsaturated/α-hetero) is 1. The summed E-state index contributed by atoms with van der Waals surface area (Å²) in [5, 5.41) is 5.58. The monoisotopic (exact) mass is 1750 g/mol. The zero-order chi connectivity index (χ0) is 89.6. The Morgan fingerprint density at radius 2 is 0.512 bits per heavy atom. The molecule has 0 aliphatic carbocycles. The number of ether oxygens (including phenoxy) is 19. The molecule has 8 aromatic carbocycles. The topological polar surface area (TPSA) is 387 Å². The smallest absolute Gasteiger partial charge is 0.338 e. The molecule has 10 rings (SSSR count). The molecule has 2 fully saturated rings. The van der Waals surface area contributed by atoms with Crippen LogP contribution in [0.4, 0.5) is 0 Å². The van der Waals surface area contributed by atoms with Gasteiger partial charge in [-0.3, -0.25) is 14.4 Å². The molecule has 2 saturated heterocycles. The molecule has 0 saturated carbocycles. The molecule has 2 N–H and O–H groups in total. The van der Waals surface area contributed by atoms with Crippen molar-refractivity contribution in [2.75, 3.05) is 132 Å². The van der Waals surface area contributed by atoms with Crippen LogP contribution in [0, 0.1) is 5.41 Å². The number of esters is 8. The second-order valence-electron chi connectivity index (χ2n) is 29.2. The average Bonchev–Trinajstić information content (AvgIpc) is 0.779. The van der Waals surface area contributed by atoms with E-state index in [4.69, 9.17) is 90.0 Å². The molecule has 8 aromatic rings. The van der Waals surface area contributed by atoms with Crippen molar-refractivity contribution in [3.63, 3.8) is 0 Å². The van der Waals surface area contributed by atoms with Crippen molar-refractivity contribution in [3.05, 3.63) is 287 Å². The Morgan fingerprint density at radius 3 is 0.787 bits per heavy atom. The van der Waals surface area contributed by atoms with E-state index >= 15 is 0 Å². The van der Waals surface area contributed by atoms with Gasteiger partial charge in [-0.2, -0.15) is 0 Å². The average molecular weight is 1750 g/mol. The molecule has 10 atom stereocenters. The molecule has 0 radical (unpaired) electrons. The molecule has 0 spiro atoms. The maximum atomic E-state index is 14.0. The first-order valence-corrected chi connectivity index (χ1v) is 41.5. The minimum atomic E-state index is -1.62. The normalized spacial score (nSPS) is 18.7. The third kappa shape index (κ3) is 32.9. The lowest BCUT2D eigenvalue weighted by Gasteiger charge is -2.44. The standard InChI is InChI=1S/C95H104N2O30/c1-66(98)43-48-113-63-95(2,64-114-49-44-77(99)96-46-51-109-53-55-111-57-59-116-93-83(126-91(107)73-39-23-9-24-40-73)81(124-89(105)71-35-19-7-20-36-71)79(122-87(103)69-31-15-5-16-32-69)75(120-93)61-118-85(101)67-27-11-3-12-28-67)65-115-50-45-78(100)97-47-52-110-54-56-112-58-60-117-94-84(127-92(108)74-41-25-10-26-42-74)82(125-90(106)72-37-21-8-22-38-72)80(123-88(104)70-33-17-6-18-34-70)76(121-94)62-119-86(102)68-29-13-4-14-30-68/h3-42,75-76,79-84,93-94H,43-65H2,1-2H3,(H,96,99)(H,97,100)/t75?,76?,79-,80-,81?,82?,83-,84-,93+,94+,95?/m1/s1. The predicted octanol–water partition coefficient (Wildman–Crippen LogP) is 9.65. The summed E-state index contributed by atoms with van der Waals surface area (Å²) in [5.74, 6) is -7.27. The van der Waals surface area contributed by atoms with Crippen molar-refractivity contribution in [1.29, 1.82) is 0 Å². The Hall–Kier alpha value is -12.3. The van der Waals surface area contributed by atoms with Gasteiger partial charge in [0.1, 0.15) is 31.2 Å². The summed E-state index contributed by atoms with van der Waals surface area (Å²) in [6, 6.07) is 64.2. The van der Waals surface area contributed by atoms with E-state index in [1.165, 1.54) is 79.7 Å². The van der Waals surface area contributed by atoms with Gasteiger partial charge >= 0.3 is 47.8 Å². The van der Waals surface area contributed by atoms with Crippen LogP contribution in [0.5, 0.6) is 0 Å². The highest BCUT2D eigenvalue weighted by molar-refractivity contribution is 5.94. The number of carbonyl (C=O) groups excluding carboxylic acids is 11. The van der Waals surface area contributed by atoms with Crippen molar-refractivity contribution < 1.29 is 143 Å². The molecule has 2 amide bonds. The lowest BCUT2D eigenvalue weighted by Crippen LogP contribution is -2.63. The molecule has 32 heteroatoms. The fourth-order valence-corrected chi connectivity index (χ4v) is 12.7. The second kappa shape index (κ2) is 53.2. The lowest BCUT2D eigenvalue weighted by molar-refractivity contribution is -0.300. The van der Waals surface area contributed by atoms with Crippen molar-refractivity contribution in [1.82, 2.24) is 10.6 Å². The predicted molar refractivity (Wildman–Crippen MR) is 451 cm³/mol. The molecule has 2 aliphatic heterocycles. The van der Waals surface area contributed by atoms with Gasteiger partial charge in [-0.25, -0.2) is 38.4 Å². The summed E-state index contributed by atoms with van der Waals surface area (Å²) in [7, 11) is 0. The molecule has 2 aliphatic rings. The third-order valence-electron chi connectivity index (χ3n) is 19.3. The van der Waals surface area contributed by atoms with E-state index < -0.39 is 128 Å². The molecule has 0 aromatic heterocycles. The molecule has 0 bridgehead atoms. The van der Waals surface area contributed by atoms with Crippen LogP contribution >= 0.6 is 0 Å². The van der Waals surface area contributed by atoms with Gasteiger partial charge < -0.3 is 101 Å². The summed E-state index contributed by atoms with van der Waals surface area (Å²) in [6.07, 6.45) is -15.2. The van der Waals surface area contributed by atoms with E-state index in [1.807, 2.05) is 6.92 Å². The highest BCUT2D eigenvalue weighted by Gasteiger charge is 2.56. The van der Waals surface area contributed by atoms with Crippen molar-refractivity contribution in [3.8, 4) is 0 Å². The maximum absolute atomic E-state index is 14.0. The van der Waals surface area contributed by atoms with Crippen LogP contribution in [0.15, 0.2) is 243 Å². The summed E-state index contributed by atoms with van der Waals surface area (Å²) >= 11 is 0. The molecule has 2 heterocycles. The number of carbonyl (C=O) groups is 11. The fourth-order valence-electron chi connectivity index (χ4n) is 12.7. The van der Waals surface area contributed by atoms with Gasteiger partial charge in [-0.05, 0) is 104 Å². The summed E-state index contributed by atoms with van der Waals surface area (Å²) in [6.45, 7) is 3.33. The van der Waals surface area contributed by atoms with Gasteiger partial charge in [0.25, 0.3) is 0 Å². The quantitative estimate of drug-likeness (QED) is 0.0203. The number of benzene rings is 8.